The SMILES string of the molecule is O=C(C(S)Cc1ccccc1)N1CCc2ccccc2C1. The van der Waals surface area contributed by atoms with Crippen molar-refractivity contribution in [3.8, 4) is 0 Å². The molecule has 2 nitrogen and oxygen atoms in total. The fourth-order valence-electron chi connectivity index (χ4n) is 2.82. The highest BCUT2D eigenvalue weighted by atomic mass is 32.1. The zero-order valence-corrected chi connectivity index (χ0v) is 12.8. The number of carbonyl (C=O) groups is 1. The van der Waals surface area contributed by atoms with Crippen LogP contribution in [0.15, 0.2) is 54.6 Å². The molecule has 3 heteroatoms. The molecule has 1 atom stereocenters. The lowest BCUT2D eigenvalue weighted by Crippen LogP contribution is -2.41. The van der Waals surface area contributed by atoms with E-state index in [2.05, 4.69) is 30.8 Å². The van der Waals surface area contributed by atoms with Gasteiger partial charge in [0, 0.05) is 13.1 Å². The van der Waals surface area contributed by atoms with Crippen molar-refractivity contribution in [1.29, 1.82) is 0 Å². The van der Waals surface area contributed by atoms with Crippen molar-refractivity contribution >= 4 is 18.5 Å². The van der Waals surface area contributed by atoms with Crippen molar-refractivity contribution in [2.24, 2.45) is 0 Å². The average molecular weight is 297 g/mol. The molecule has 0 saturated heterocycles. The molecule has 0 spiro atoms. The van der Waals surface area contributed by atoms with Crippen molar-refractivity contribution < 1.29 is 4.79 Å². The van der Waals surface area contributed by atoms with Crippen LogP contribution in [0.2, 0.25) is 0 Å². The predicted octanol–water partition coefficient (Wildman–Crippen LogP) is 3.11. The van der Waals surface area contributed by atoms with Gasteiger partial charge < -0.3 is 4.90 Å². The van der Waals surface area contributed by atoms with Crippen LogP contribution < -0.4 is 0 Å². The van der Waals surface area contributed by atoms with Crippen molar-refractivity contribution in [2.45, 2.75) is 24.6 Å². The Morgan fingerprint density at radius 1 is 1.05 bits per heavy atom. The quantitative estimate of drug-likeness (QED) is 0.863. The monoisotopic (exact) mass is 297 g/mol. The maximum Gasteiger partial charge on any atom is 0.236 e. The number of benzene rings is 2. The second-order valence-corrected chi connectivity index (χ2v) is 6.11. The number of fused-ring (bicyclic) bond motifs is 1. The summed E-state index contributed by atoms with van der Waals surface area (Å²) in [6.45, 7) is 1.50. The molecular weight excluding hydrogens is 278 g/mol. The first-order valence-electron chi connectivity index (χ1n) is 7.31. The van der Waals surface area contributed by atoms with Gasteiger partial charge in [-0.15, -0.1) is 0 Å². The number of carbonyl (C=O) groups excluding carboxylic acids is 1. The molecular formula is C18H19NOS. The number of hydrogen-bond acceptors (Lipinski definition) is 2. The maximum absolute atomic E-state index is 12.6. The normalized spacial score (nSPS) is 15.4. The lowest BCUT2D eigenvalue weighted by molar-refractivity contribution is -0.131. The van der Waals surface area contributed by atoms with Crippen LogP contribution >= 0.6 is 12.6 Å². The minimum atomic E-state index is -0.266. The number of nitrogens with zero attached hydrogens (tertiary/aromatic N) is 1. The van der Waals surface area contributed by atoms with E-state index in [0.29, 0.717) is 13.0 Å². The smallest absolute Gasteiger partial charge is 0.236 e. The first-order chi connectivity index (χ1) is 10.2. The Hall–Kier alpha value is -1.74. The zero-order chi connectivity index (χ0) is 14.7. The van der Waals surface area contributed by atoms with Crippen molar-refractivity contribution in [1.82, 2.24) is 4.90 Å². The van der Waals surface area contributed by atoms with Gasteiger partial charge in [-0.2, -0.15) is 12.6 Å². The van der Waals surface area contributed by atoms with E-state index in [1.54, 1.807) is 0 Å². The molecule has 1 unspecified atom stereocenters. The minimum Gasteiger partial charge on any atom is -0.337 e. The van der Waals surface area contributed by atoms with Crippen LogP contribution in [0, 0.1) is 0 Å². The number of hydrogen-bond donors (Lipinski definition) is 1. The molecule has 0 aliphatic carbocycles. The molecule has 21 heavy (non-hydrogen) atoms. The topological polar surface area (TPSA) is 20.3 Å². The summed E-state index contributed by atoms with van der Waals surface area (Å²) in [5.41, 5.74) is 3.78. The van der Waals surface area contributed by atoms with Gasteiger partial charge in [0.15, 0.2) is 0 Å². The fraction of sp³-hybridized carbons (Fsp3) is 0.278. The van der Waals surface area contributed by atoms with Gasteiger partial charge in [0.25, 0.3) is 0 Å². The van der Waals surface area contributed by atoms with Crippen LogP contribution in [0.25, 0.3) is 0 Å². The average Bonchev–Trinajstić information content (AvgIpc) is 2.54. The Morgan fingerprint density at radius 2 is 1.71 bits per heavy atom. The summed E-state index contributed by atoms with van der Waals surface area (Å²) in [6.07, 6.45) is 1.62. The van der Waals surface area contributed by atoms with Gasteiger partial charge in [0.1, 0.15) is 0 Å². The van der Waals surface area contributed by atoms with E-state index in [1.165, 1.54) is 11.1 Å². The van der Waals surface area contributed by atoms with Gasteiger partial charge in [-0.25, -0.2) is 0 Å². The standard InChI is InChI=1S/C18H19NOS/c20-18(17(21)12-14-6-2-1-3-7-14)19-11-10-15-8-4-5-9-16(15)13-19/h1-9,17,21H,10-13H2. The van der Waals surface area contributed by atoms with Crippen LogP contribution in [-0.4, -0.2) is 22.6 Å². The van der Waals surface area contributed by atoms with Gasteiger partial charge >= 0.3 is 0 Å². The summed E-state index contributed by atoms with van der Waals surface area (Å²) in [5.74, 6) is 0.136. The highest BCUT2D eigenvalue weighted by Crippen LogP contribution is 2.20. The first-order valence-corrected chi connectivity index (χ1v) is 7.83. The third kappa shape index (κ3) is 3.30. The van der Waals surface area contributed by atoms with Gasteiger partial charge in [0.2, 0.25) is 5.91 Å². The molecule has 0 fully saturated rings. The Kier molecular flexibility index (Phi) is 4.30. The largest absolute Gasteiger partial charge is 0.337 e. The Balaban J connectivity index is 1.66. The second kappa shape index (κ2) is 6.35. The van der Waals surface area contributed by atoms with Crippen molar-refractivity contribution in [2.75, 3.05) is 6.54 Å². The highest BCUT2D eigenvalue weighted by molar-refractivity contribution is 7.81. The molecule has 1 aliphatic rings. The Labute approximate surface area is 131 Å². The van der Waals surface area contributed by atoms with E-state index < -0.39 is 0 Å². The molecule has 0 radical (unpaired) electrons. The third-order valence-corrected chi connectivity index (χ3v) is 4.40. The van der Waals surface area contributed by atoms with Crippen molar-refractivity contribution in [3.05, 3.63) is 71.3 Å². The van der Waals surface area contributed by atoms with E-state index in [9.17, 15) is 4.79 Å². The Bertz CT molecular complexity index is 626. The molecule has 2 aromatic carbocycles. The first kappa shape index (κ1) is 14.2. The van der Waals surface area contributed by atoms with Crippen LogP contribution in [-0.2, 0) is 24.2 Å². The molecule has 2 aromatic rings. The number of rotatable bonds is 3. The molecule has 108 valence electrons. The summed E-state index contributed by atoms with van der Waals surface area (Å²) in [4.78, 5) is 14.5. The summed E-state index contributed by atoms with van der Waals surface area (Å²) in [6, 6.07) is 18.4. The van der Waals surface area contributed by atoms with Crippen molar-refractivity contribution in [3.63, 3.8) is 0 Å². The number of thiol groups is 1. The molecule has 0 saturated carbocycles. The fourth-order valence-corrected chi connectivity index (χ4v) is 3.19. The van der Waals surface area contributed by atoms with Crippen LogP contribution in [0.3, 0.4) is 0 Å². The summed E-state index contributed by atoms with van der Waals surface area (Å²) >= 11 is 4.53. The molecule has 0 bridgehead atoms. The Morgan fingerprint density at radius 3 is 2.48 bits per heavy atom. The summed E-state index contributed by atoms with van der Waals surface area (Å²) in [7, 11) is 0. The van der Waals surface area contributed by atoms with E-state index >= 15 is 0 Å². The molecule has 0 N–H and O–H groups in total. The summed E-state index contributed by atoms with van der Waals surface area (Å²) in [5, 5.41) is -0.266. The minimum absolute atomic E-state index is 0.136. The third-order valence-electron chi connectivity index (χ3n) is 4.00. The molecule has 3 rings (SSSR count). The zero-order valence-electron chi connectivity index (χ0n) is 11.9. The van der Waals surface area contributed by atoms with Crippen LogP contribution in [0.5, 0.6) is 0 Å². The molecule has 1 heterocycles. The molecule has 1 aliphatic heterocycles. The van der Waals surface area contributed by atoms with E-state index in [-0.39, 0.29) is 11.2 Å². The van der Waals surface area contributed by atoms with Crippen LogP contribution in [0.1, 0.15) is 16.7 Å². The van der Waals surface area contributed by atoms with E-state index in [0.717, 1.165) is 18.5 Å². The van der Waals surface area contributed by atoms with Gasteiger partial charge in [-0.1, -0.05) is 54.6 Å². The van der Waals surface area contributed by atoms with E-state index in [4.69, 9.17) is 0 Å². The van der Waals surface area contributed by atoms with E-state index in [1.807, 2.05) is 41.3 Å². The van der Waals surface area contributed by atoms with Gasteiger partial charge in [0.05, 0.1) is 5.25 Å². The highest BCUT2D eigenvalue weighted by Gasteiger charge is 2.25. The lowest BCUT2D eigenvalue weighted by Gasteiger charge is -2.30. The van der Waals surface area contributed by atoms with Gasteiger partial charge in [-0.3, -0.25) is 4.79 Å². The summed E-state index contributed by atoms with van der Waals surface area (Å²) < 4.78 is 0. The number of amides is 1. The van der Waals surface area contributed by atoms with Gasteiger partial charge in [-0.05, 0) is 29.5 Å². The molecule has 1 amide bonds. The lowest BCUT2D eigenvalue weighted by atomic mass is 9.99. The maximum atomic E-state index is 12.6. The molecule has 0 aromatic heterocycles. The predicted molar refractivity (Wildman–Crippen MR) is 88.5 cm³/mol. The second-order valence-electron chi connectivity index (χ2n) is 5.48. The van der Waals surface area contributed by atoms with Crippen LogP contribution in [0.4, 0.5) is 0 Å².